The van der Waals surface area contributed by atoms with Gasteiger partial charge in [0, 0.05) is 31.3 Å². The van der Waals surface area contributed by atoms with Gasteiger partial charge in [-0.1, -0.05) is 18.2 Å². The Morgan fingerprint density at radius 1 is 1.16 bits per heavy atom. The van der Waals surface area contributed by atoms with Gasteiger partial charge >= 0.3 is 0 Å². The number of methoxy groups -OCH3 is 1. The average Bonchev–Trinajstić information content (AvgIpc) is 3.33. The number of halogens is 1. The van der Waals surface area contributed by atoms with Crippen LogP contribution in [0.3, 0.4) is 0 Å². The zero-order chi connectivity index (χ0) is 21.6. The van der Waals surface area contributed by atoms with Gasteiger partial charge in [-0.2, -0.15) is 5.10 Å². The van der Waals surface area contributed by atoms with Gasteiger partial charge in [-0.25, -0.2) is 22.5 Å². The molecule has 162 valence electrons. The van der Waals surface area contributed by atoms with Crippen LogP contribution in [-0.2, 0) is 21.0 Å². The highest BCUT2D eigenvalue weighted by Gasteiger charge is 2.42. The van der Waals surface area contributed by atoms with Gasteiger partial charge in [-0.05, 0) is 37.0 Å². The van der Waals surface area contributed by atoms with Crippen molar-refractivity contribution in [3.05, 3.63) is 65.5 Å². The number of nitrogens with zero attached hydrogens (tertiary/aromatic N) is 3. The predicted octanol–water partition coefficient (Wildman–Crippen LogP) is 3.38. The molecular formula is C22H22FN3O4S. The van der Waals surface area contributed by atoms with E-state index in [4.69, 9.17) is 14.5 Å². The van der Waals surface area contributed by atoms with Crippen molar-refractivity contribution in [1.82, 2.24) is 14.8 Å². The first-order chi connectivity index (χ1) is 15.0. The van der Waals surface area contributed by atoms with E-state index in [-0.39, 0.29) is 5.92 Å². The number of hydrogen-bond acceptors (Lipinski definition) is 6. The first kappa shape index (κ1) is 20.1. The van der Waals surface area contributed by atoms with E-state index in [1.54, 1.807) is 18.2 Å². The zero-order valence-electron chi connectivity index (χ0n) is 17.0. The van der Waals surface area contributed by atoms with Gasteiger partial charge in [-0.3, -0.25) is 0 Å². The molecule has 1 atom stereocenters. The van der Waals surface area contributed by atoms with E-state index in [1.165, 1.54) is 23.9 Å². The number of ether oxygens (including phenoxy) is 2. The Bertz CT molecular complexity index is 1240. The Labute approximate surface area is 179 Å². The molecule has 31 heavy (non-hydrogen) atoms. The van der Waals surface area contributed by atoms with E-state index >= 15 is 0 Å². The summed E-state index contributed by atoms with van der Waals surface area (Å²) in [5, 5.41) is 3.77. The highest BCUT2D eigenvalue weighted by atomic mass is 32.2. The van der Waals surface area contributed by atoms with Crippen LogP contribution in [0, 0.1) is 5.82 Å². The zero-order valence-corrected chi connectivity index (χ0v) is 17.8. The van der Waals surface area contributed by atoms with Crippen LogP contribution in [0.5, 0.6) is 5.75 Å². The fourth-order valence-corrected chi connectivity index (χ4v) is 6.22. The van der Waals surface area contributed by atoms with Crippen LogP contribution < -0.4 is 4.74 Å². The van der Waals surface area contributed by atoms with Crippen LogP contribution in [-0.4, -0.2) is 43.5 Å². The van der Waals surface area contributed by atoms with Crippen LogP contribution >= 0.6 is 0 Å². The number of rotatable bonds is 4. The topological polar surface area (TPSA) is 83.3 Å². The summed E-state index contributed by atoms with van der Waals surface area (Å²) in [4.78, 5) is 5.03. The maximum Gasteiger partial charge on any atom is 0.189 e. The second kappa shape index (κ2) is 7.72. The third-order valence-electron chi connectivity index (χ3n) is 5.92. The molecule has 0 radical (unpaired) electrons. The lowest BCUT2D eigenvalue weighted by Gasteiger charge is -2.18. The summed E-state index contributed by atoms with van der Waals surface area (Å²) in [6.45, 7) is 1.21. The molecule has 0 bridgehead atoms. The third-order valence-corrected chi connectivity index (χ3v) is 8.06. The van der Waals surface area contributed by atoms with E-state index in [9.17, 15) is 12.8 Å². The van der Waals surface area contributed by atoms with Crippen LogP contribution in [0.2, 0.25) is 0 Å². The number of hydrogen-bond donors (Lipinski definition) is 0. The first-order valence-electron chi connectivity index (χ1n) is 10.2. The van der Waals surface area contributed by atoms with Gasteiger partial charge in [0.15, 0.2) is 21.5 Å². The number of fused-ring (bicyclic) bond motifs is 1. The van der Waals surface area contributed by atoms with Crippen molar-refractivity contribution in [2.45, 2.75) is 35.3 Å². The fourth-order valence-electron chi connectivity index (χ4n) is 4.30. The predicted molar refractivity (Wildman–Crippen MR) is 111 cm³/mol. The molecule has 1 aromatic heterocycles. The molecule has 9 heteroatoms. The lowest BCUT2D eigenvalue weighted by atomic mass is 10.00. The van der Waals surface area contributed by atoms with Crippen molar-refractivity contribution in [3.8, 4) is 11.4 Å². The maximum atomic E-state index is 14.3. The molecule has 1 saturated heterocycles. The Kier molecular flexibility index (Phi) is 5.02. The van der Waals surface area contributed by atoms with Crippen LogP contribution in [0.1, 0.15) is 41.2 Å². The molecule has 0 spiro atoms. The molecule has 2 aromatic carbocycles. The smallest absolute Gasteiger partial charge is 0.189 e. The highest BCUT2D eigenvalue weighted by molar-refractivity contribution is 7.92. The summed E-state index contributed by atoms with van der Waals surface area (Å²) in [7, 11) is -2.20. The Hall–Kier alpha value is -2.78. The molecule has 7 nitrogen and oxygen atoms in total. The quantitative estimate of drug-likeness (QED) is 0.615. The van der Waals surface area contributed by atoms with Gasteiger partial charge < -0.3 is 9.47 Å². The molecule has 0 N–H and O–H groups in total. The molecule has 1 fully saturated rings. The van der Waals surface area contributed by atoms with Crippen molar-refractivity contribution in [2.24, 2.45) is 0 Å². The van der Waals surface area contributed by atoms with Crippen molar-refractivity contribution in [1.29, 1.82) is 0 Å². The second-order valence-electron chi connectivity index (χ2n) is 7.82. The lowest BCUT2D eigenvalue weighted by Crippen LogP contribution is -2.15. The third kappa shape index (κ3) is 3.51. The normalized spacial score (nSPS) is 20.5. The van der Waals surface area contributed by atoms with E-state index in [0.29, 0.717) is 47.6 Å². The minimum absolute atomic E-state index is 0.0655. The van der Waals surface area contributed by atoms with Crippen molar-refractivity contribution >= 4 is 9.84 Å². The van der Waals surface area contributed by atoms with E-state index in [0.717, 1.165) is 18.4 Å². The lowest BCUT2D eigenvalue weighted by molar-refractivity contribution is 0.0836. The summed E-state index contributed by atoms with van der Waals surface area (Å²) in [6, 6.07) is 11.2. The van der Waals surface area contributed by atoms with E-state index < -0.39 is 20.9 Å². The standard InChI is InChI=1S/C22H22FN3O4S/c1-29-18-12-16(23)11-17(13-18)26-22(24-21(25-26)14-6-8-30-9-7-14)20-10-15-4-2-3-5-19(15)31(20,27)28/h2-5,11-14,20H,6-10H2,1H3. The summed E-state index contributed by atoms with van der Waals surface area (Å²) < 4.78 is 53.1. The molecule has 1 unspecified atom stereocenters. The monoisotopic (exact) mass is 443 g/mol. The molecule has 0 aliphatic carbocycles. The Balaban J connectivity index is 1.66. The first-order valence-corrected chi connectivity index (χ1v) is 11.7. The van der Waals surface area contributed by atoms with Gasteiger partial charge in [0.25, 0.3) is 0 Å². The van der Waals surface area contributed by atoms with Crippen LogP contribution in [0.4, 0.5) is 4.39 Å². The Morgan fingerprint density at radius 3 is 2.68 bits per heavy atom. The van der Waals surface area contributed by atoms with Crippen molar-refractivity contribution in [2.75, 3.05) is 20.3 Å². The van der Waals surface area contributed by atoms with Crippen molar-refractivity contribution in [3.63, 3.8) is 0 Å². The van der Waals surface area contributed by atoms with Gasteiger partial charge in [-0.15, -0.1) is 0 Å². The summed E-state index contributed by atoms with van der Waals surface area (Å²) in [6.07, 6.45) is 1.82. The summed E-state index contributed by atoms with van der Waals surface area (Å²) in [5.74, 6) is 0.747. The highest BCUT2D eigenvalue weighted by Crippen LogP contribution is 2.41. The summed E-state index contributed by atoms with van der Waals surface area (Å²) >= 11 is 0. The van der Waals surface area contributed by atoms with Crippen LogP contribution in [0.25, 0.3) is 5.69 Å². The molecule has 0 amide bonds. The molecule has 3 aromatic rings. The van der Waals surface area contributed by atoms with Crippen LogP contribution in [0.15, 0.2) is 47.4 Å². The number of aromatic nitrogens is 3. The minimum atomic E-state index is -3.65. The largest absolute Gasteiger partial charge is 0.497 e. The molecule has 5 rings (SSSR count). The van der Waals surface area contributed by atoms with Gasteiger partial charge in [0.2, 0.25) is 0 Å². The molecule has 2 aliphatic rings. The number of benzene rings is 2. The Morgan fingerprint density at radius 2 is 1.94 bits per heavy atom. The molecule has 2 aliphatic heterocycles. The fraction of sp³-hybridized carbons (Fsp3) is 0.364. The minimum Gasteiger partial charge on any atom is -0.497 e. The summed E-state index contributed by atoms with van der Waals surface area (Å²) in [5.41, 5.74) is 1.13. The molecular weight excluding hydrogens is 421 g/mol. The SMILES string of the molecule is COc1cc(F)cc(-n2nc(C3CCOCC3)nc2C2Cc3ccccc3S2(=O)=O)c1. The van der Waals surface area contributed by atoms with E-state index in [2.05, 4.69) is 5.10 Å². The second-order valence-corrected chi connectivity index (χ2v) is 9.92. The maximum absolute atomic E-state index is 14.3. The molecule has 0 saturated carbocycles. The molecule has 3 heterocycles. The van der Waals surface area contributed by atoms with Crippen molar-refractivity contribution < 1.29 is 22.3 Å². The number of sulfone groups is 1. The average molecular weight is 444 g/mol. The van der Waals surface area contributed by atoms with Gasteiger partial charge in [0.05, 0.1) is 17.7 Å². The van der Waals surface area contributed by atoms with Gasteiger partial charge in [0.1, 0.15) is 16.8 Å². The van der Waals surface area contributed by atoms with E-state index in [1.807, 2.05) is 12.1 Å².